The second-order valence-electron chi connectivity index (χ2n) is 5.92. The molecule has 0 bridgehead atoms. The predicted molar refractivity (Wildman–Crippen MR) is 97.4 cm³/mol. The molecular weight excluding hydrogens is 320 g/mol. The van der Waals surface area contributed by atoms with Gasteiger partial charge in [-0.05, 0) is 55.7 Å². The molecule has 0 saturated carbocycles. The minimum Gasteiger partial charge on any atom is -0.469 e. The maximum atomic E-state index is 12.0. The van der Waals surface area contributed by atoms with Crippen LogP contribution in [0.3, 0.4) is 0 Å². The van der Waals surface area contributed by atoms with Crippen LogP contribution in [-0.4, -0.2) is 10.9 Å². The van der Waals surface area contributed by atoms with Gasteiger partial charge in [-0.25, -0.2) is 4.98 Å². The van der Waals surface area contributed by atoms with Gasteiger partial charge in [0.1, 0.15) is 5.76 Å². The van der Waals surface area contributed by atoms with Crippen molar-refractivity contribution in [2.24, 2.45) is 0 Å². The molecule has 0 unspecified atom stereocenters. The Morgan fingerprint density at radius 3 is 2.75 bits per heavy atom. The summed E-state index contributed by atoms with van der Waals surface area (Å²) < 4.78 is 5.24. The molecule has 0 radical (unpaired) electrons. The SMILES string of the molecule is Cc1cc(C)c(-c2csc(NC(=O)CCc3ccco3)n2)cc1C. The number of carbonyl (C=O) groups excluding carboxylic acids is 1. The second kappa shape index (κ2) is 7.01. The molecule has 0 atom stereocenters. The average molecular weight is 340 g/mol. The van der Waals surface area contributed by atoms with E-state index in [-0.39, 0.29) is 5.91 Å². The number of hydrogen-bond donors (Lipinski definition) is 1. The number of rotatable bonds is 5. The highest BCUT2D eigenvalue weighted by molar-refractivity contribution is 7.14. The number of benzene rings is 1. The third-order valence-corrected chi connectivity index (χ3v) is 4.80. The van der Waals surface area contributed by atoms with E-state index in [0.717, 1.165) is 17.0 Å². The normalized spacial score (nSPS) is 10.8. The minimum absolute atomic E-state index is 0.0518. The first-order chi connectivity index (χ1) is 11.5. The summed E-state index contributed by atoms with van der Waals surface area (Å²) in [5, 5.41) is 5.48. The quantitative estimate of drug-likeness (QED) is 0.719. The van der Waals surface area contributed by atoms with Crippen molar-refractivity contribution in [2.45, 2.75) is 33.6 Å². The fourth-order valence-electron chi connectivity index (χ4n) is 2.56. The monoisotopic (exact) mass is 340 g/mol. The van der Waals surface area contributed by atoms with Crippen LogP contribution in [0.15, 0.2) is 40.3 Å². The Balaban J connectivity index is 1.67. The number of thiazole rings is 1. The van der Waals surface area contributed by atoms with Crippen LogP contribution in [0.5, 0.6) is 0 Å². The van der Waals surface area contributed by atoms with Gasteiger partial charge in [-0.15, -0.1) is 11.3 Å². The van der Waals surface area contributed by atoms with Crippen molar-refractivity contribution in [3.8, 4) is 11.3 Å². The molecule has 2 aromatic heterocycles. The Kier molecular flexibility index (Phi) is 4.81. The number of nitrogens with one attached hydrogen (secondary N) is 1. The molecular formula is C19H20N2O2S. The van der Waals surface area contributed by atoms with E-state index in [1.54, 1.807) is 6.26 Å². The van der Waals surface area contributed by atoms with Gasteiger partial charge in [0.25, 0.3) is 0 Å². The van der Waals surface area contributed by atoms with Gasteiger partial charge in [-0.1, -0.05) is 6.07 Å². The molecule has 0 saturated heterocycles. The average Bonchev–Trinajstić information content (AvgIpc) is 3.20. The number of anilines is 1. The summed E-state index contributed by atoms with van der Waals surface area (Å²) in [7, 11) is 0. The van der Waals surface area contributed by atoms with Gasteiger partial charge >= 0.3 is 0 Å². The van der Waals surface area contributed by atoms with E-state index in [0.29, 0.717) is 18.0 Å². The van der Waals surface area contributed by atoms with Crippen LogP contribution < -0.4 is 5.32 Å². The van der Waals surface area contributed by atoms with E-state index in [4.69, 9.17) is 4.42 Å². The summed E-state index contributed by atoms with van der Waals surface area (Å²) >= 11 is 1.45. The lowest BCUT2D eigenvalue weighted by Gasteiger charge is -2.07. The van der Waals surface area contributed by atoms with Crippen LogP contribution in [0.4, 0.5) is 5.13 Å². The number of hydrogen-bond acceptors (Lipinski definition) is 4. The third kappa shape index (κ3) is 3.74. The molecule has 0 aliphatic heterocycles. The fourth-order valence-corrected chi connectivity index (χ4v) is 3.29. The molecule has 24 heavy (non-hydrogen) atoms. The minimum atomic E-state index is -0.0518. The number of nitrogens with zero attached hydrogens (tertiary/aromatic N) is 1. The van der Waals surface area contributed by atoms with Crippen molar-refractivity contribution in [1.82, 2.24) is 4.98 Å². The number of aromatic nitrogens is 1. The molecule has 1 aromatic carbocycles. The van der Waals surface area contributed by atoms with E-state index in [2.05, 4.69) is 43.2 Å². The van der Waals surface area contributed by atoms with Gasteiger partial charge in [0.05, 0.1) is 12.0 Å². The maximum Gasteiger partial charge on any atom is 0.226 e. The molecule has 2 heterocycles. The topological polar surface area (TPSA) is 55.1 Å². The zero-order valence-corrected chi connectivity index (χ0v) is 14.9. The lowest BCUT2D eigenvalue weighted by Crippen LogP contribution is -2.11. The number of amides is 1. The Morgan fingerprint density at radius 1 is 1.21 bits per heavy atom. The summed E-state index contributed by atoms with van der Waals surface area (Å²) in [5.41, 5.74) is 5.73. The number of furan rings is 1. The van der Waals surface area contributed by atoms with Gasteiger partial charge in [0.15, 0.2) is 5.13 Å². The first kappa shape index (κ1) is 16.5. The highest BCUT2D eigenvalue weighted by atomic mass is 32.1. The van der Waals surface area contributed by atoms with E-state index in [9.17, 15) is 4.79 Å². The smallest absolute Gasteiger partial charge is 0.226 e. The molecule has 3 rings (SSSR count). The van der Waals surface area contributed by atoms with E-state index < -0.39 is 0 Å². The van der Waals surface area contributed by atoms with Crippen LogP contribution in [0.1, 0.15) is 28.9 Å². The Bertz CT molecular complexity index is 850. The molecule has 0 fully saturated rings. The van der Waals surface area contributed by atoms with Crippen LogP contribution >= 0.6 is 11.3 Å². The predicted octanol–water partition coefficient (Wildman–Crippen LogP) is 4.90. The highest BCUT2D eigenvalue weighted by Crippen LogP contribution is 2.29. The third-order valence-electron chi connectivity index (χ3n) is 4.05. The van der Waals surface area contributed by atoms with E-state index in [1.807, 2.05) is 17.5 Å². The molecule has 1 amide bonds. The van der Waals surface area contributed by atoms with Gasteiger partial charge < -0.3 is 9.73 Å². The van der Waals surface area contributed by atoms with E-state index >= 15 is 0 Å². The van der Waals surface area contributed by atoms with Crippen molar-refractivity contribution in [1.29, 1.82) is 0 Å². The summed E-state index contributed by atoms with van der Waals surface area (Å²) in [5.74, 6) is 0.764. The first-order valence-electron chi connectivity index (χ1n) is 7.89. The molecule has 0 spiro atoms. The Hall–Kier alpha value is -2.40. The first-order valence-corrected chi connectivity index (χ1v) is 8.77. The number of aryl methyl sites for hydroxylation is 4. The summed E-state index contributed by atoms with van der Waals surface area (Å²) in [4.78, 5) is 16.6. The molecule has 124 valence electrons. The fraction of sp³-hybridized carbons (Fsp3) is 0.263. The lowest BCUT2D eigenvalue weighted by atomic mass is 9.99. The second-order valence-corrected chi connectivity index (χ2v) is 6.77. The molecule has 0 aliphatic carbocycles. The lowest BCUT2D eigenvalue weighted by molar-refractivity contribution is -0.116. The molecule has 4 nitrogen and oxygen atoms in total. The summed E-state index contributed by atoms with van der Waals surface area (Å²) in [6.45, 7) is 6.29. The van der Waals surface area contributed by atoms with Crippen molar-refractivity contribution in [3.63, 3.8) is 0 Å². The summed E-state index contributed by atoms with van der Waals surface area (Å²) in [6, 6.07) is 8.03. The zero-order valence-electron chi connectivity index (χ0n) is 14.1. The Labute approximate surface area is 145 Å². The van der Waals surface area contributed by atoms with E-state index in [1.165, 1.54) is 28.0 Å². The van der Waals surface area contributed by atoms with Crippen molar-refractivity contribution >= 4 is 22.4 Å². The van der Waals surface area contributed by atoms with Crippen LogP contribution in [0, 0.1) is 20.8 Å². The van der Waals surface area contributed by atoms with Gasteiger partial charge in [-0.2, -0.15) is 0 Å². The van der Waals surface area contributed by atoms with Gasteiger partial charge in [0.2, 0.25) is 5.91 Å². The molecule has 1 N–H and O–H groups in total. The van der Waals surface area contributed by atoms with Gasteiger partial charge in [0, 0.05) is 23.8 Å². The zero-order chi connectivity index (χ0) is 17.1. The maximum absolute atomic E-state index is 12.0. The molecule has 0 aliphatic rings. The highest BCUT2D eigenvalue weighted by Gasteiger charge is 2.11. The molecule has 3 aromatic rings. The summed E-state index contributed by atoms with van der Waals surface area (Å²) in [6.07, 6.45) is 2.59. The number of carbonyl (C=O) groups is 1. The van der Waals surface area contributed by atoms with Crippen LogP contribution in [-0.2, 0) is 11.2 Å². The standard InChI is InChI=1S/C19H20N2O2S/c1-12-9-14(3)16(10-13(12)2)17-11-24-19(20-17)21-18(22)7-6-15-5-4-8-23-15/h4-5,8-11H,6-7H2,1-3H3,(H,20,21,22). The molecule has 5 heteroatoms. The van der Waals surface area contributed by atoms with Crippen molar-refractivity contribution in [3.05, 3.63) is 58.4 Å². The van der Waals surface area contributed by atoms with Crippen molar-refractivity contribution in [2.75, 3.05) is 5.32 Å². The van der Waals surface area contributed by atoms with Crippen molar-refractivity contribution < 1.29 is 9.21 Å². The van der Waals surface area contributed by atoms with Crippen LogP contribution in [0.25, 0.3) is 11.3 Å². The largest absolute Gasteiger partial charge is 0.469 e. The Morgan fingerprint density at radius 2 is 2.00 bits per heavy atom. The van der Waals surface area contributed by atoms with Crippen LogP contribution in [0.2, 0.25) is 0 Å². The van der Waals surface area contributed by atoms with Gasteiger partial charge in [-0.3, -0.25) is 4.79 Å².